The van der Waals surface area contributed by atoms with Gasteiger partial charge in [0.15, 0.2) is 0 Å². The average Bonchev–Trinajstić information content (AvgIpc) is 3.03. The molecule has 1 heterocycles. The number of carbonyl (C=O) groups is 1. The van der Waals surface area contributed by atoms with Gasteiger partial charge < -0.3 is 10.4 Å². The van der Waals surface area contributed by atoms with Crippen LogP contribution in [0.25, 0.3) is 11.3 Å². The number of nitrogens with zero attached hydrogens (tertiary/aromatic N) is 1. The van der Waals surface area contributed by atoms with Gasteiger partial charge >= 0.3 is 0 Å². The second-order valence-corrected chi connectivity index (χ2v) is 6.19. The van der Waals surface area contributed by atoms with Crippen molar-refractivity contribution < 1.29 is 9.90 Å². The number of phenolic OH excluding ortho intramolecular Hbond substituents is 1. The van der Waals surface area contributed by atoms with Crippen molar-refractivity contribution in [1.29, 1.82) is 0 Å². The Bertz CT molecular complexity index is 831. The average molecular weight is 345 g/mol. The molecule has 0 aliphatic rings. The highest BCUT2D eigenvalue weighted by Crippen LogP contribution is 2.24. The second-order valence-electron chi connectivity index (χ2n) is 4.84. The monoisotopic (exact) mass is 344 g/mol. The van der Waals surface area contributed by atoms with Crippen molar-refractivity contribution in [2.75, 3.05) is 0 Å². The van der Waals surface area contributed by atoms with E-state index >= 15 is 0 Å². The summed E-state index contributed by atoms with van der Waals surface area (Å²) >= 11 is 7.47. The Kier molecular flexibility index (Phi) is 4.60. The summed E-state index contributed by atoms with van der Waals surface area (Å²) in [6.07, 6.45) is 0. The van der Waals surface area contributed by atoms with E-state index in [9.17, 15) is 9.90 Å². The molecule has 3 rings (SSSR count). The summed E-state index contributed by atoms with van der Waals surface area (Å²) in [5.41, 5.74) is 2.18. The highest BCUT2D eigenvalue weighted by Gasteiger charge is 2.10. The predicted molar refractivity (Wildman–Crippen MR) is 91.8 cm³/mol. The van der Waals surface area contributed by atoms with Crippen LogP contribution in [0.1, 0.15) is 15.4 Å². The summed E-state index contributed by atoms with van der Waals surface area (Å²) in [4.78, 5) is 16.6. The van der Waals surface area contributed by atoms with Crippen LogP contribution in [0.2, 0.25) is 5.02 Å². The van der Waals surface area contributed by atoms with Crippen LogP contribution in [0, 0.1) is 0 Å². The Hall–Kier alpha value is -2.37. The molecule has 1 aromatic heterocycles. The van der Waals surface area contributed by atoms with Gasteiger partial charge in [0.25, 0.3) is 5.91 Å². The first kappa shape index (κ1) is 15.5. The number of halogens is 1. The molecule has 0 fully saturated rings. The van der Waals surface area contributed by atoms with Crippen LogP contribution in [0.15, 0.2) is 53.9 Å². The van der Waals surface area contributed by atoms with E-state index in [1.807, 2.05) is 5.38 Å². The van der Waals surface area contributed by atoms with Crippen molar-refractivity contribution in [3.63, 3.8) is 0 Å². The molecule has 4 nitrogen and oxygen atoms in total. The van der Waals surface area contributed by atoms with Gasteiger partial charge in [0, 0.05) is 10.9 Å². The zero-order valence-corrected chi connectivity index (χ0v) is 13.6. The number of rotatable bonds is 4. The lowest BCUT2D eigenvalue weighted by molar-refractivity contribution is 0.0951. The van der Waals surface area contributed by atoms with Gasteiger partial charge in [0.1, 0.15) is 10.8 Å². The SMILES string of the molecule is O=C(NCc1nc(-c2ccc(O)cc2)cs1)c1ccccc1Cl. The number of phenols is 1. The van der Waals surface area contributed by atoms with E-state index in [1.165, 1.54) is 11.3 Å². The minimum absolute atomic E-state index is 0.219. The maximum Gasteiger partial charge on any atom is 0.253 e. The summed E-state index contributed by atoms with van der Waals surface area (Å²) in [5, 5.41) is 15.3. The third kappa shape index (κ3) is 3.70. The van der Waals surface area contributed by atoms with Gasteiger partial charge in [-0.3, -0.25) is 4.79 Å². The largest absolute Gasteiger partial charge is 0.508 e. The Balaban J connectivity index is 1.67. The van der Waals surface area contributed by atoms with Gasteiger partial charge in [-0.15, -0.1) is 11.3 Å². The molecule has 23 heavy (non-hydrogen) atoms. The van der Waals surface area contributed by atoms with E-state index in [1.54, 1.807) is 48.5 Å². The van der Waals surface area contributed by atoms with Crippen molar-refractivity contribution in [1.82, 2.24) is 10.3 Å². The van der Waals surface area contributed by atoms with Crippen molar-refractivity contribution in [2.45, 2.75) is 6.54 Å². The van der Waals surface area contributed by atoms with E-state index in [-0.39, 0.29) is 11.7 Å². The van der Waals surface area contributed by atoms with Gasteiger partial charge in [-0.1, -0.05) is 23.7 Å². The zero-order valence-electron chi connectivity index (χ0n) is 12.0. The number of carbonyl (C=O) groups excluding carboxylic acids is 1. The van der Waals surface area contributed by atoms with E-state index in [0.29, 0.717) is 17.1 Å². The first-order valence-corrected chi connectivity index (χ1v) is 8.16. The molecule has 0 atom stereocenters. The Morgan fingerprint density at radius 2 is 1.91 bits per heavy atom. The van der Waals surface area contributed by atoms with Crippen LogP contribution >= 0.6 is 22.9 Å². The summed E-state index contributed by atoms with van der Waals surface area (Å²) in [7, 11) is 0. The molecule has 0 aliphatic carbocycles. The fourth-order valence-corrected chi connectivity index (χ4v) is 3.02. The minimum Gasteiger partial charge on any atom is -0.508 e. The molecule has 3 aromatic rings. The fraction of sp³-hybridized carbons (Fsp3) is 0.0588. The summed E-state index contributed by atoms with van der Waals surface area (Å²) in [6.45, 7) is 0.340. The zero-order chi connectivity index (χ0) is 16.2. The van der Waals surface area contributed by atoms with Gasteiger partial charge in [0.2, 0.25) is 0 Å². The van der Waals surface area contributed by atoms with Crippen molar-refractivity contribution in [2.24, 2.45) is 0 Å². The molecule has 0 saturated carbocycles. The number of hydrogen-bond donors (Lipinski definition) is 2. The van der Waals surface area contributed by atoms with E-state index in [2.05, 4.69) is 10.3 Å². The Morgan fingerprint density at radius 1 is 1.17 bits per heavy atom. The number of aromatic hydroxyl groups is 1. The predicted octanol–water partition coefficient (Wildman–Crippen LogP) is 4.10. The quantitative estimate of drug-likeness (QED) is 0.749. The van der Waals surface area contributed by atoms with Gasteiger partial charge in [-0.05, 0) is 36.4 Å². The molecule has 0 aliphatic heterocycles. The first-order valence-electron chi connectivity index (χ1n) is 6.90. The third-order valence-corrected chi connectivity index (χ3v) is 4.41. The Labute approximate surface area is 142 Å². The number of amides is 1. The summed E-state index contributed by atoms with van der Waals surface area (Å²) < 4.78 is 0. The minimum atomic E-state index is -0.225. The normalized spacial score (nSPS) is 10.5. The molecular weight excluding hydrogens is 332 g/mol. The maximum atomic E-state index is 12.1. The molecule has 116 valence electrons. The van der Waals surface area contributed by atoms with Gasteiger partial charge in [-0.2, -0.15) is 0 Å². The van der Waals surface area contributed by atoms with Crippen LogP contribution in [0.5, 0.6) is 5.75 Å². The van der Waals surface area contributed by atoms with E-state index in [4.69, 9.17) is 11.6 Å². The van der Waals surface area contributed by atoms with Crippen LogP contribution < -0.4 is 5.32 Å². The second kappa shape index (κ2) is 6.81. The molecule has 2 N–H and O–H groups in total. The van der Waals surface area contributed by atoms with Crippen molar-refractivity contribution >= 4 is 28.8 Å². The first-order chi connectivity index (χ1) is 11.1. The van der Waals surface area contributed by atoms with E-state index in [0.717, 1.165) is 16.3 Å². The molecule has 0 unspecified atom stereocenters. The molecule has 0 saturated heterocycles. The van der Waals surface area contributed by atoms with Gasteiger partial charge in [-0.25, -0.2) is 4.98 Å². The highest BCUT2D eigenvalue weighted by molar-refractivity contribution is 7.09. The number of nitrogens with one attached hydrogen (secondary N) is 1. The number of benzene rings is 2. The molecule has 0 spiro atoms. The molecule has 2 aromatic carbocycles. The van der Waals surface area contributed by atoms with Crippen molar-refractivity contribution in [3.05, 3.63) is 69.5 Å². The molecule has 1 amide bonds. The molecule has 0 bridgehead atoms. The topological polar surface area (TPSA) is 62.2 Å². The molecule has 6 heteroatoms. The lowest BCUT2D eigenvalue weighted by Gasteiger charge is -2.04. The lowest BCUT2D eigenvalue weighted by Crippen LogP contribution is -2.22. The van der Waals surface area contributed by atoms with Crippen LogP contribution in [0.4, 0.5) is 0 Å². The summed E-state index contributed by atoms with van der Waals surface area (Å²) in [6, 6.07) is 13.8. The van der Waals surface area contributed by atoms with Crippen LogP contribution in [0.3, 0.4) is 0 Å². The Morgan fingerprint density at radius 3 is 2.65 bits per heavy atom. The number of thiazole rings is 1. The molecule has 0 radical (unpaired) electrons. The van der Waals surface area contributed by atoms with Gasteiger partial charge in [0.05, 0.1) is 22.8 Å². The van der Waals surface area contributed by atoms with Crippen molar-refractivity contribution in [3.8, 4) is 17.0 Å². The lowest BCUT2D eigenvalue weighted by atomic mass is 10.2. The van der Waals surface area contributed by atoms with Crippen LogP contribution in [-0.4, -0.2) is 16.0 Å². The maximum absolute atomic E-state index is 12.1. The fourth-order valence-electron chi connectivity index (χ4n) is 2.05. The molecular formula is C17H13ClN2O2S. The summed E-state index contributed by atoms with van der Waals surface area (Å²) in [5.74, 6) is -0.00631. The van der Waals surface area contributed by atoms with Crippen LogP contribution in [-0.2, 0) is 6.54 Å². The standard InChI is InChI=1S/C17H13ClN2O2S/c18-14-4-2-1-3-13(14)17(22)19-9-16-20-15(10-23-16)11-5-7-12(21)8-6-11/h1-8,10,21H,9H2,(H,19,22). The van der Waals surface area contributed by atoms with E-state index < -0.39 is 0 Å². The highest BCUT2D eigenvalue weighted by atomic mass is 35.5. The smallest absolute Gasteiger partial charge is 0.253 e. The number of hydrogen-bond acceptors (Lipinski definition) is 4. The number of aromatic nitrogens is 1. The third-order valence-electron chi connectivity index (χ3n) is 3.23.